The quantitative estimate of drug-likeness (QED) is 0.551. The Bertz CT molecular complexity index is 497. The number of hydrogen-bond donors (Lipinski definition) is 3. The molecule has 1 rings (SSSR count). The minimum absolute atomic E-state index is 0. The highest BCUT2D eigenvalue weighted by molar-refractivity contribution is 8.01. The number of benzene rings is 1. The summed E-state index contributed by atoms with van der Waals surface area (Å²) in [6.45, 7) is 8.26. The summed E-state index contributed by atoms with van der Waals surface area (Å²) in [5.74, 6) is 0.135. The standard InChI is InChI=1S/C17H27N3O2S.ClH/c1-4-9-18-10-11-19-17(22)14(3)23-12-16(21)20-15-7-5-13(2)6-8-15;/h5-8,14,18H,4,9-12H2,1-3H3,(H,19,22)(H,20,21);1H. The van der Waals surface area contributed by atoms with Crippen molar-refractivity contribution in [2.24, 2.45) is 0 Å². The summed E-state index contributed by atoms with van der Waals surface area (Å²) in [6, 6.07) is 7.64. The number of halogens is 1. The second-order valence-corrected chi connectivity index (χ2v) is 6.74. The molecule has 0 heterocycles. The molecular formula is C17H28ClN3O2S. The van der Waals surface area contributed by atoms with Gasteiger partial charge in [-0.05, 0) is 38.9 Å². The van der Waals surface area contributed by atoms with E-state index < -0.39 is 0 Å². The molecule has 1 aromatic rings. The van der Waals surface area contributed by atoms with E-state index in [4.69, 9.17) is 0 Å². The molecule has 2 amide bonds. The molecule has 136 valence electrons. The average Bonchev–Trinajstić information content (AvgIpc) is 2.54. The number of carbonyl (C=O) groups excluding carboxylic acids is 2. The molecule has 0 aliphatic heterocycles. The summed E-state index contributed by atoms with van der Waals surface area (Å²) in [6.07, 6.45) is 1.08. The number of rotatable bonds is 10. The Hall–Kier alpha value is -1.24. The third-order valence-electron chi connectivity index (χ3n) is 3.20. The third kappa shape index (κ3) is 9.80. The second kappa shape index (κ2) is 13.1. The molecule has 0 saturated carbocycles. The van der Waals surface area contributed by atoms with Crippen LogP contribution in [0, 0.1) is 6.92 Å². The van der Waals surface area contributed by atoms with Gasteiger partial charge in [0, 0.05) is 18.8 Å². The van der Waals surface area contributed by atoms with Crippen LogP contribution in [0.4, 0.5) is 5.69 Å². The molecule has 0 bridgehead atoms. The minimum atomic E-state index is -0.245. The first kappa shape index (κ1) is 22.8. The summed E-state index contributed by atoms with van der Waals surface area (Å²) in [7, 11) is 0. The van der Waals surface area contributed by atoms with Gasteiger partial charge in [0.2, 0.25) is 11.8 Å². The summed E-state index contributed by atoms with van der Waals surface area (Å²) < 4.78 is 0. The van der Waals surface area contributed by atoms with Gasteiger partial charge in [-0.2, -0.15) is 0 Å². The van der Waals surface area contributed by atoms with Crippen LogP contribution in [0.3, 0.4) is 0 Å². The number of nitrogens with one attached hydrogen (secondary N) is 3. The van der Waals surface area contributed by atoms with Crippen molar-refractivity contribution in [1.82, 2.24) is 10.6 Å². The van der Waals surface area contributed by atoms with Gasteiger partial charge in [0.05, 0.1) is 11.0 Å². The Kier molecular flexibility index (Phi) is 12.4. The van der Waals surface area contributed by atoms with Gasteiger partial charge in [0.25, 0.3) is 0 Å². The highest BCUT2D eigenvalue weighted by atomic mass is 35.5. The Balaban J connectivity index is 0.00000529. The maximum absolute atomic E-state index is 11.9. The fraction of sp³-hybridized carbons (Fsp3) is 0.529. The fourth-order valence-electron chi connectivity index (χ4n) is 1.83. The Morgan fingerprint density at radius 1 is 1.12 bits per heavy atom. The molecule has 1 atom stereocenters. The number of thioether (sulfide) groups is 1. The van der Waals surface area contributed by atoms with E-state index in [1.807, 2.05) is 38.1 Å². The molecule has 7 heteroatoms. The van der Waals surface area contributed by atoms with Crippen LogP contribution in [0.25, 0.3) is 0 Å². The molecule has 24 heavy (non-hydrogen) atoms. The average molecular weight is 374 g/mol. The van der Waals surface area contributed by atoms with Crippen LogP contribution in [0.15, 0.2) is 24.3 Å². The van der Waals surface area contributed by atoms with Crippen molar-refractivity contribution in [3.63, 3.8) is 0 Å². The van der Waals surface area contributed by atoms with E-state index in [1.165, 1.54) is 11.8 Å². The molecule has 0 aromatic heterocycles. The van der Waals surface area contributed by atoms with E-state index in [1.54, 1.807) is 0 Å². The van der Waals surface area contributed by atoms with Crippen molar-refractivity contribution < 1.29 is 9.59 Å². The molecule has 0 fully saturated rings. The van der Waals surface area contributed by atoms with Crippen LogP contribution in [0.5, 0.6) is 0 Å². The maximum Gasteiger partial charge on any atom is 0.234 e. The van der Waals surface area contributed by atoms with E-state index in [9.17, 15) is 9.59 Å². The lowest BCUT2D eigenvalue weighted by molar-refractivity contribution is -0.120. The molecule has 1 unspecified atom stereocenters. The number of hydrogen-bond acceptors (Lipinski definition) is 4. The molecular weight excluding hydrogens is 346 g/mol. The van der Waals surface area contributed by atoms with Crippen LogP contribution >= 0.6 is 24.2 Å². The SMILES string of the molecule is CCCNCCNC(=O)C(C)SCC(=O)Nc1ccc(C)cc1.Cl. The first-order chi connectivity index (χ1) is 11.0. The molecule has 0 saturated heterocycles. The van der Waals surface area contributed by atoms with E-state index in [2.05, 4.69) is 22.9 Å². The van der Waals surface area contributed by atoms with Crippen LogP contribution < -0.4 is 16.0 Å². The van der Waals surface area contributed by atoms with Crippen molar-refractivity contribution in [2.45, 2.75) is 32.4 Å². The molecule has 5 nitrogen and oxygen atoms in total. The summed E-state index contributed by atoms with van der Waals surface area (Å²) in [5, 5.41) is 8.68. The zero-order valence-electron chi connectivity index (χ0n) is 14.6. The van der Waals surface area contributed by atoms with E-state index in [-0.39, 0.29) is 35.2 Å². The second-order valence-electron chi connectivity index (χ2n) is 5.41. The van der Waals surface area contributed by atoms with Crippen LogP contribution in [0.1, 0.15) is 25.8 Å². The highest BCUT2D eigenvalue weighted by Gasteiger charge is 2.14. The Morgan fingerprint density at radius 3 is 2.42 bits per heavy atom. The zero-order chi connectivity index (χ0) is 17.1. The monoisotopic (exact) mass is 373 g/mol. The van der Waals surface area contributed by atoms with E-state index in [0.717, 1.165) is 30.8 Å². The number of aryl methyl sites for hydroxylation is 1. The lowest BCUT2D eigenvalue weighted by Crippen LogP contribution is -2.36. The number of amides is 2. The molecule has 0 aliphatic carbocycles. The third-order valence-corrected chi connectivity index (χ3v) is 4.34. The summed E-state index contributed by atoms with van der Waals surface area (Å²) in [4.78, 5) is 23.8. The normalized spacial score (nSPS) is 11.3. The Labute approximate surface area is 155 Å². The van der Waals surface area contributed by atoms with Gasteiger partial charge in [-0.3, -0.25) is 9.59 Å². The van der Waals surface area contributed by atoms with E-state index in [0.29, 0.717) is 6.54 Å². The minimum Gasteiger partial charge on any atom is -0.354 e. The topological polar surface area (TPSA) is 70.2 Å². The number of anilines is 1. The molecule has 0 radical (unpaired) electrons. The predicted molar refractivity (Wildman–Crippen MR) is 105 cm³/mol. The predicted octanol–water partition coefficient (Wildman–Crippen LogP) is 2.59. The lowest BCUT2D eigenvalue weighted by Gasteiger charge is -2.12. The van der Waals surface area contributed by atoms with Crippen molar-refractivity contribution in [3.8, 4) is 0 Å². The molecule has 0 aliphatic rings. The van der Waals surface area contributed by atoms with Crippen LogP contribution in [0.2, 0.25) is 0 Å². The van der Waals surface area contributed by atoms with Gasteiger partial charge in [0.1, 0.15) is 0 Å². The molecule has 0 spiro atoms. The van der Waals surface area contributed by atoms with Crippen molar-refractivity contribution in [3.05, 3.63) is 29.8 Å². The highest BCUT2D eigenvalue weighted by Crippen LogP contribution is 2.13. The van der Waals surface area contributed by atoms with Crippen molar-refractivity contribution >= 4 is 41.7 Å². The zero-order valence-corrected chi connectivity index (χ0v) is 16.2. The van der Waals surface area contributed by atoms with Gasteiger partial charge >= 0.3 is 0 Å². The maximum atomic E-state index is 11.9. The summed E-state index contributed by atoms with van der Waals surface area (Å²) >= 11 is 1.34. The number of carbonyl (C=O) groups is 2. The largest absolute Gasteiger partial charge is 0.354 e. The smallest absolute Gasteiger partial charge is 0.234 e. The van der Waals surface area contributed by atoms with Gasteiger partial charge < -0.3 is 16.0 Å². The van der Waals surface area contributed by atoms with Crippen molar-refractivity contribution in [1.29, 1.82) is 0 Å². The van der Waals surface area contributed by atoms with Gasteiger partial charge in [-0.25, -0.2) is 0 Å². The van der Waals surface area contributed by atoms with Crippen molar-refractivity contribution in [2.75, 3.05) is 30.7 Å². The lowest BCUT2D eigenvalue weighted by atomic mass is 10.2. The van der Waals surface area contributed by atoms with Gasteiger partial charge in [-0.15, -0.1) is 24.2 Å². The molecule has 1 aromatic carbocycles. The fourth-order valence-corrected chi connectivity index (χ4v) is 2.54. The van der Waals surface area contributed by atoms with E-state index >= 15 is 0 Å². The van der Waals surface area contributed by atoms with Gasteiger partial charge in [0.15, 0.2) is 0 Å². The first-order valence-corrected chi connectivity index (χ1v) is 9.04. The Morgan fingerprint density at radius 2 is 1.79 bits per heavy atom. The molecule has 3 N–H and O–H groups in total. The van der Waals surface area contributed by atoms with Crippen LogP contribution in [-0.2, 0) is 9.59 Å². The van der Waals surface area contributed by atoms with Gasteiger partial charge in [-0.1, -0.05) is 24.6 Å². The van der Waals surface area contributed by atoms with Crippen LogP contribution in [-0.4, -0.2) is 42.5 Å². The first-order valence-electron chi connectivity index (χ1n) is 7.99. The summed E-state index contributed by atoms with van der Waals surface area (Å²) in [5.41, 5.74) is 1.93.